The second kappa shape index (κ2) is 7.11. The van der Waals surface area contributed by atoms with E-state index in [2.05, 4.69) is 10.3 Å². The lowest BCUT2D eigenvalue weighted by atomic mass is 10.1. The van der Waals surface area contributed by atoms with Crippen LogP contribution in [0.1, 0.15) is 18.4 Å². The lowest BCUT2D eigenvalue weighted by Crippen LogP contribution is -2.34. The van der Waals surface area contributed by atoms with E-state index in [1.165, 1.54) is 12.5 Å². The van der Waals surface area contributed by atoms with Crippen LogP contribution < -0.4 is 21.3 Å². The molecule has 4 N–H and O–H groups in total. The third-order valence-corrected chi connectivity index (χ3v) is 2.59. The predicted molar refractivity (Wildman–Crippen MR) is 78.3 cm³/mol. The Hall–Kier alpha value is -2.80. The molecule has 110 valence electrons. The molecule has 7 nitrogen and oxygen atoms in total. The molecule has 0 aliphatic carbocycles. The van der Waals surface area contributed by atoms with Crippen LogP contribution in [-0.2, 0) is 6.61 Å². The fraction of sp³-hybridized carbons (Fsp3) is 0.143. The molecule has 0 aliphatic heterocycles. The smallest absolute Gasteiger partial charge is 0.333 e. The molecule has 0 saturated heterocycles. The molecule has 1 aromatic heterocycles. The maximum atomic E-state index is 11.4. The number of allylic oxidation sites excluding steroid dienone is 1. The van der Waals surface area contributed by atoms with Crippen molar-refractivity contribution < 1.29 is 13.9 Å². The SMILES string of the molecule is C/C=C/c1cccc(NC(=O)NN)c1OCc1ncco1. The van der Waals surface area contributed by atoms with Gasteiger partial charge in [0.1, 0.15) is 6.26 Å². The van der Waals surface area contributed by atoms with Crippen molar-refractivity contribution in [2.24, 2.45) is 5.84 Å². The quantitative estimate of drug-likeness (QED) is 0.445. The molecule has 1 heterocycles. The van der Waals surface area contributed by atoms with Crippen LogP contribution in [-0.4, -0.2) is 11.0 Å². The maximum Gasteiger partial charge on any atom is 0.333 e. The highest BCUT2D eigenvalue weighted by Gasteiger charge is 2.11. The summed E-state index contributed by atoms with van der Waals surface area (Å²) in [6.45, 7) is 2.05. The Bertz CT molecular complexity index is 623. The number of anilines is 1. The number of oxazole rings is 1. The molecule has 0 bridgehead atoms. The molecule has 0 saturated carbocycles. The number of ether oxygens (including phenoxy) is 1. The minimum absolute atomic E-state index is 0.153. The summed E-state index contributed by atoms with van der Waals surface area (Å²) in [5, 5.41) is 2.60. The topological polar surface area (TPSA) is 102 Å². The van der Waals surface area contributed by atoms with Gasteiger partial charge in [-0.1, -0.05) is 24.3 Å². The van der Waals surface area contributed by atoms with E-state index in [0.717, 1.165) is 5.56 Å². The highest BCUT2D eigenvalue weighted by Crippen LogP contribution is 2.30. The van der Waals surface area contributed by atoms with Crippen LogP contribution in [0.4, 0.5) is 10.5 Å². The van der Waals surface area contributed by atoms with Crippen LogP contribution >= 0.6 is 0 Å². The molecule has 2 aromatic rings. The predicted octanol–water partition coefficient (Wildman–Crippen LogP) is 2.28. The monoisotopic (exact) mass is 288 g/mol. The first-order valence-electron chi connectivity index (χ1n) is 6.29. The Morgan fingerprint density at radius 1 is 1.52 bits per heavy atom. The molecule has 0 unspecified atom stereocenters. The van der Waals surface area contributed by atoms with Crippen molar-refractivity contribution in [2.75, 3.05) is 5.32 Å². The molecule has 2 amide bonds. The summed E-state index contributed by atoms with van der Waals surface area (Å²) in [6.07, 6.45) is 6.76. The van der Waals surface area contributed by atoms with Crippen LogP contribution in [0.5, 0.6) is 5.75 Å². The van der Waals surface area contributed by atoms with Gasteiger partial charge in [-0.05, 0) is 13.0 Å². The van der Waals surface area contributed by atoms with Gasteiger partial charge in [0.25, 0.3) is 0 Å². The standard InChI is InChI=1S/C14H16N4O3/c1-2-4-10-5-3-6-11(17-14(19)18-15)13(10)21-9-12-16-7-8-20-12/h2-8H,9,15H2,1H3,(H2,17,18,19)/b4-2+. The third kappa shape index (κ3) is 3.83. The summed E-state index contributed by atoms with van der Waals surface area (Å²) in [5.41, 5.74) is 3.33. The Labute approximate surface area is 121 Å². The lowest BCUT2D eigenvalue weighted by molar-refractivity contribution is 0.251. The minimum atomic E-state index is -0.534. The van der Waals surface area contributed by atoms with E-state index >= 15 is 0 Å². The molecule has 0 fully saturated rings. The van der Waals surface area contributed by atoms with Gasteiger partial charge in [-0.2, -0.15) is 0 Å². The van der Waals surface area contributed by atoms with Gasteiger partial charge < -0.3 is 14.5 Å². The zero-order valence-corrected chi connectivity index (χ0v) is 11.5. The number of hydrazine groups is 1. The van der Waals surface area contributed by atoms with Crippen LogP contribution in [0, 0.1) is 0 Å². The number of nitrogens with one attached hydrogen (secondary N) is 2. The number of para-hydroxylation sites is 1. The summed E-state index contributed by atoms with van der Waals surface area (Å²) >= 11 is 0. The number of amides is 2. The van der Waals surface area contributed by atoms with Crippen molar-refractivity contribution >= 4 is 17.8 Å². The van der Waals surface area contributed by atoms with Crippen LogP contribution in [0.2, 0.25) is 0 Å². The Morgan fingerprint density at radius 2 is 2.38 bits per heavy atom. The van der Waals surface area contributed by atoms with Crippen molar-refractivity contribution in [1.29, 1.82) is 0 Å². The van der Waals surface area contributed by atoms with Crippen molar-refractivity contribution in [3.8, 4) is 5.75 Å². The lowest BCUT2D eigenvalue weighted by Gasteiger charge is -2.14. The number of nitrogens with two attached hydrogens (primary N) is 1. The van der Waals surface area contributed by atoms with Gasteiger partial charge >= 0.3 is 6.03 Å². The van der Waals surface area contributed by atoms with E-state index < -0.39 is 6.03 Å². The zero-order chi connectivity index (χ0) is 15.1. The molecule has 2 rings (SSSR count). The first-order valence-corrected chi connectivity index (χ1v) is 6.29. The fourth-order valence-corrected chi connectivity index (χ4v) is 1.74. The first-order chi connectivity index (χ1) is 10.2. The molecule has 7 heteroatoms. The van der Waals surface area contributed by atoms with Crippen molar-refractivity contribution in [3.63, 3.8) is 0 Å². The average molecular weight is 288 g/mol. The van der Waals surface area contributed by atoms with Gasteiger partial charge in [0.05, 0.1) is 11.9 Å². The number of nitrogens with zero attached hydrogens (tertiary/aromatic N) is 1. The van der Waals surface area contributed by atoms with E-state index in [0.29, 0.717) is 17.3 Å². The third-order valence-electron chi connectivity index (χ3n) is 2.59. The number of urea groups is 1. The second-order valence-electron chi connectivity index (χ2n) is 4.04. The summed E-state index contributed by atoms with van der Waals surface area (Å²) < 4.78 is 10.8. The van der Waals surface area contributed by atoms with Gasteiger partial charge in [0, 0.05) is 5.56 Å². The average Bonchev–Trinajstić information content (AvgIpc) is 3.00. The molecule has 1 aromatic carbocycles. The molecule has 0 aliphatic rings. The highest BCUT2D eigenvalue weighted by atomic mass is 16.5. The summed E-state index contributed by atoms with van der Waals surface area (Å²) in [6, 6.07) is 4.86. The zero-order valence-electron chi connectivity index (χ0n) is 11.5. The Kier molecular flexibility index (Phi) is 4.94. The van der Waals surface area contributed by atoms with Crippen LogP contribution in [0.25, 0.3) is 6.08 Å². The number of carbonyl (C=O) groups excluding carboxylic acids is 1. The molecule has 0 spiro atoms. The van der Waals surface area contributed by atoms with E-state index in [1.54, 1.807) is 12.1 Å². The number of carbonyl (C=O) groups is 1. The van der Waals surface area contributed by atoms with Crippen molar-refractivity contribution in [2.45, 2.75) is 13.5 Å². The minimum Gasteiger partial charge on any atom is -0.481 e. The van der Waals surface area contributed by atoms with Crippen molar-refractivity contribution in [1.82, 2.24) is 10.4 Å². The molecule has 21 heavy (non-hydrogen) atoms. The van der Waals surface area contributed by atoms with E-state index in [4.69, 9.17) is 15.0 Å². The van der Waals surface area contributed by atoms with Gasteiger partial charge in [0.2, 0.25) is 5.89 Å². The Morgan fingerprint density at radius 3 is 3.05 bits per heavy atom. The van der Waals surface area contributed by atoms with Gasteiger partial charge in [-0.25, -0.2) is 15.6 Å². The molecular weight excluding hydrogens is 272 g/mol. The number of rotatable bonds is 5. The summed E-state index contributed by atoms with van der Waals surface area (Å²) in [7, 11) is 0. The highest BCUT2D eigenvalue weighted by molar-refractivity contribution is 5.91. The van der Waals surface area contributed by atoms with Gasteiger partial charge in [-0.15, -0.1) is 0 Å². The normalized spacial score (nSPS) is 10.6. The maximum absolute atomic E-state index is 11.4. The van der Waals surface area contributed by atoms with Crippen molar-refractivity contribution in [3.05, 3.63) is 48.2 Å². The number of aromatic nitrogens is 1. The Balaban J connectivity index is 2.26. The van der Waals surface area contributed by atoms with Gasteiger partial charge in [0.15, 0.2) is 12.4 Å². The molecule has 0 atom stereocenters. The number of hydrogen-bond acceptors (Lipinski definition) is 5. The first kappa shape index (κ1) is 14.6. The van der Waals surface area contributed by atoms with Crippen LogP contribution in [0.15, 0.2) is 41.2 Å². The molecular formula is C14H16N4O3. The van der Waals surface area contributed by atoms with E-state index in [1.807, 2.05) is 30.6 Å². The largest absolute Gasteiger partial charge is 0.481 e. The number of hydrogen-bond donors (Lipinski definition) is 3. The van der Waals surface area contributed by atoms with E-state index in [9.17, 15) is 4.79 Å². The van der Waals surface area contributed by atoms with Crippen LogP contribution in [0.3, 0.4) is 0 Å². The van der Waals surface area contributed by atoms with E-state index in [-0.39, 0.29) is 6.61 Å². The van der Waals surface area contributed by atoms with Gasteiger partial charge in [-0.3, -0.25) is 5.43 Å². The number of benzene rings is 1. The molecule has 0 radical (unpaired) electrons. The fourth-order valence-electron chi connectivity index (χ4n) is 1.74. The second-order valence-corrected chi connectivity index (χ2v) is 4.04. The summed E-state index contributed by atoms with van der Waals surface area (Å²) in [5.74, 6) is 6.03. The summed E-state index contributed by atoms with van der Waals surface area (Å²) in [4.78, 5) is 15.4.